The summed E-state index contributed by atoms with van der Waals surface area (Å²) in [5, 5.41) is 21.8. The Bertz CT molecular complexity index is 771. The Hall–Kier alpha value is -2.13. The van der Waals surface area contributed by atoms with Gasteiger partial charge in [0.2, 0.25) is 5.88 Å². The Labute approximate surface area is 195 Å². The largest absolute Gasteiger partial charge is 0.504 e. The molecule has 4 nitrogen and oxygen atoms in total. The molecular weight excluding hydrogens is 490 g/mol. The predicted molar refractivity (Wildman–Crippen MR) is 110 cm³/mol. The van der Waals surface area contributed by atoms with Crippen molar-refractivity contribution in [2.75, 3.05) is 0 Å². The van der Waals surface area contributed by atoms with Crippen LogP contribution in [0, 0.1) is 0 Å². The Morgan fingerprint density at radius 1 is 0.938 bits per heavy atom. The van der Waals surface area contributed by atoms with Crippen molar-refractivity contribution >= 4 is 6.08 Å². The number of hydrogen-bond acceptors (Lipinski definition) is 3. The summed E-state index contributed by atoms with van der Waals surface area (Å²) in [5.74, 6) is -3.47. The van der Waals surface area contributed by atoms with E-state index in [1.54, 1.807) is 6.07 Å². The van der Waals surface area contributed by atoms with Gasteiger partial charge in [0.25, 0.3) is 0 Å². The zero-order valence-corrected chi connectivity index (χ0v) is 19.7. The molecule has 2 rings (SSSR count). The van der Waals surface area contributed by atoms with Gasteiger partial charge in [-0.15, -0.1) is 0 Å². The molecule has 0 aliphatic rings. The molecule has 0 aliphatic carbocycles. The van der Waals surface area contributed by atoms with Crippen LogP contribution in [0.25, 0.3) is 11.8 Å². The molecule has 189 valence electrons. The molecule has 2 N–H and O–H groups in total. The van der Waals surface area contributed by atoms with Gasteiger partial charge in [-0.1, -0.05) is 72.6 Å². The minimum absolute atomic E-state index is 0. The SMILES string of the molecule is CC.CC.CCCC.OC(=Cc1c(C(F)(F)F)nn(-c2ccccc2)c1O)C(F)(F)F.[Cu]. The quantitative estimate of drug-likeness (QED) is 0.246. The third kappa shape index (κ3) is 10.9. The van der Waals surface area contributed by atoms with Gasteiger partial charge in [0, 0.05) is 17.1 Å². The van der Waals surface area contributed by atoms with Crippen molar-refractivity contribution in [3.8, 4) is 11.6 Å². The summed E-state index contributed by atoms with van der Waals surface area (Å²) < 4.78 is 76.2. The number of benzene rings is 1. The van der Waals surface area contributed by atoms with Gasteiger partial charge in [0.05, 0.1) is 11.3 Å². The normalized spacial score (nSPS) is 10.9. The number of para-hydroxylation sites is 1. The molecule has 1 aromatic carbocycles. The molecular formula is C21H30CuF6N2O2. The van der Waals surface area contributed by atoms with Crippen LogP contribution in [0.2, 0.25) is 0 Å². The molecule has 0 unspecified atom stereocenters. The van der Waals surface area contributed by atoms with Crippen LogP contribution >= 0.6 is 0 Å². The molecule has 1 heterocycles. The third-order valence-corrected chi connectivity index (χ3v) is 3.24. The fourth-order valence-electron chi connectivity index (χ4n) is 1.73. The first kappa shape index (κ1) is 34.5. The molecule has 1 aromatic heterocycles. The minimum Gasteiger partial charge on any atom is -0.504 e. The van der Waals surface area contributed by atoms with E-state index >= 15 is 0 Å². The zero-order valence-electron chi connectivity index (χ0n) is 18.7. The maximum atomic E-state index is 12.9. The van der Waals surface area contributed by atoms with Gasteiger partial charge >= 0.3 is 12.4 Å². The van der Waals surface area contributed by atoms with Gasteiger partial charge in [-0.3, -0.25) is 0 Å². The van der Waals surface area contributed by atoms with Crippen LogP contribution in [0.1, 0.15) is 65.6 Å². The zero-order chi connectivity index (χ0) is 24.8. The average Bonchev–Trinajstić information content (AvgIpc) is 3.08. The van der Waals surface area contributed by atoms with Crippen molar-refractivity contribution in [1.29, 1.82) is 0 Å². The van der Waals surface area contributed by atoms with Gasteiger partial charge < -0.3 is 10.2 Å². The standard InChI is InChI=1S/C13H8F6N2O2.C4H10.2C2H6.Cu/c14-12(15,16)9(22)6-8-10(13(17,18)19)20-21(11(8)23)7-4-2-1-3-5-7;1-3-4-2;2*1-2;/h1-6,22-23H;3-4H2,1-2H3;2*1-2H3;. The van der Waals surface area contributed by atoms with Crippen molar-refractivity contribution in [3.05, 3.63) is 47.3 Å². The molecule has 0 saturated heterocycles. The molecule has 0 fully saturated rings. The van der Waals surface area contributed by atoms with E-state index in [2.05, 4.69) is 18.9 Å². The number of halogens is 6. The molecule has 0 spiro atoms. The van der Waals surface area contributed by atoms with Crippen LogP contribution in [0.3, 0.4) is 0 Å². The van der Waals surface area contributed by atoms with E-state index in [1.807, 2.05) is 27.7 Å². The molecule has 0 aliphatic heterocycles. The number of allylic oxidation sites excluding steroid dienone is 1. The number of aliphatic hydroxyl groups excluding tert-OH is 1. The van der Waals surface area contributed by atoms with Crippen molar-refractivity contribution < 1.29 is 53.6 Å². The van der Waals surface area contributed by atoms with Gasteiger partial charge in [-0.2, -0.15) is 31.4 Å². The van der Waals surface area contributed by atoms with E-state index in [0.29, 0.717) is 4.68 Å². The van der Waals surface area contributed by atoms with Gasteiger partial charge in [0.15, 0.2) is 11.5 Å². The van der Waals surface area contributed by atoms with Crippen LogP contribution in [-0.4, -0.2) is 26.2 Å². The number of nitrogens with zero attached hydrogens (tertiary/aromatic N) is 2. The Morgan fingerprint density at radius 3 is 1.72 bits per heavy atom. The monoisotopic (exact) mass is 519 g/mol. The van der Waals surface area contributed by atoms with E-state index in [-0.39, 0.29) is 28.8 Å². The van der Waals surface area contributed by atoms with E-state index in [0.717, 1.165) is 0 Å². The topological polar surface area (TPSA) is 58.3 Å². The van der Waals surface area contributed by atoms with Crippen LogP contribution in [0.15, 0.2) is 36.1 Å². The predicted octanol–water partition coefficient (Wildman–Crippen LogP) is 7.91. The Morgan fingerprint density at radius 2 is 1.38 bits per heavy atom. The number of aromatic hydroxyl groups is 1. The number of aliphatic hydroxyl groups is 1. The second-order valence-electron chi connectivity index (χ2n) is 5.36. The maximum Gasteiger partial charge on any atom is 0.448 e. The Kier molecular flexibility index (Phi) is 17.8. The number of alkyl halides is 6. The summed E-state index contributed by atoms with van der Waals surface area (Å²) in [6, 6.07) is 7.01. The molecule has 0 saturated carbocycles. The van der Waals surface area contributed by atoms with Crippen molar-refractivity contribution in [2.24, 2.45) is 0 Å². The summed E-state index contributed by atoms with van der Waals surface area (Å²) in [6.45, 7) is 12.4. The van der Waals surface area contributed by atoms with Crippen LogP contribution in [0.5, 0.6) is 5.88 Å². The van der Waals surface area contributed by atoms with E-state index in [4.69, 9.17) is 5.11 Å². The van der Waals surface area contributed by atoms with E-state index < -0.39 is 35.2 Å². The number of aromatic nitrogens is 2. The summed E-state index contributed by atoms with van der Waals surface area (Å²) in [4.78, 5) is 0. The fourth-order valence-corrected chi connectivity index (χ4v) is 1.73. The second kappa shape index (κ2) is 16.5. The number of hydrogen-bond donors (Lipinski definition) is 2. The fraction of sp³-hybridized carbons (Fsp3) is 0.476. The molecule has 0 atom stereocenters. The molecule has 0 bridgehead atoms. The van der Waals surface area contributed by atoms with Gasteiger partial charge in [-0.05, 0) is 18.2 Å². The molecule has 32 heavy (non-hydrogen) atoms. The summed E-state index contributed by atoms with van der Waals surface area (Å²) in [7, 11) is 0. The first-order valence-corrected chi connectivity index (χ1v) is 9.85. The summed E-state index contributed by atoms with van der Waals surface area (Å²) in [6.07, 6.45) is -7.97. The first-order valence-electron chi connectivity index (χ1n) is 9.85. The number of unbranched alkanes of at least 4 members (excludes halogenated alkanes) is 1. The molecule has 0 amide bonds. The van der Waals surface area contributed by atoms with Crippen LogP contribution in [0.4, 0.5) is 26.3 Å². The summed E-state index contributed by atoms with van der Waals surface area (Å²) in [5.41, 5.74) is -3.03. The maximum absolute atomic E-state index is 12.9. The van der Waals surface area contributed by atoms with Gasteiger partial charge in [0.1, 0.15) is 0 Å². The third-order valence-electron chi connectivity index (χ3n) is 3.24. The Balaban J connectivity index is -0.000000824. The summed E-state index contributed by atoms with van der Waals surface area (Å²) >= 11 is 0. The van der Waals surface area contributed by atoms with Crippen LogP contribution < -0.4 is 0 Å². The minimum atomic E-state index is -5.26. The van der Waals surface area contributed by atoms with Crippen LogP contribution in [-0.2, 0) is 23.2 Å². The smallest absolute Gasteiger partial charge is 0.448 e. The van der Waals surface area contributed by atoms with Gasteiger partial charge in [-0.25, -0.2) is 4.68 Å². The number of rotatable bonds is 3. The second-order valence-corrected chi connectivity index (χ2v) is 5.36. The van der Waals surface area contributed by atoms with E-state index in [1.165, 1.54) is 37.1 Å². The first-order chi connectivity index (χ1) is 14.4. The average molecular weight is 520 g/mol. The van der Waals surface area contributed by atoms with Crippen molar-refractivity contribution in [1.82, 2.24) is 9.78 Å². The molecule has 1 radical (unpaired) electrons. The van der Waals surface area contributed by atoms with Crippen molar-refractivity contribution in [3.63, 3.8) is 0 Å². The van der Waals surface area contributed by atoms with Crippen molar-refractivity contribution in [2.45, 2.75) is 66.7 Å². The van der Waals surface area contributed by atoms with E-state index in [9.17, 15) is 31.4 Å². The molecule has 11 heteroatoms. The molecule has 2 aromatic rings.